The molecule has 0 aliphatic carbocycles. The molecule has 0 bridgehead atoms. The third-order valence-corrected chi connectivity index (χ3v) is 5.83. The number of hydrogen-bond donors (Lipinski definition) is 2. The molecule has 0 atom stereocenters. The second kappa shape index (κ2) is 10.4. The summed E-state index contributed by atoms with van der Waals surface area (Å²) in [5.41, 5.74) is 4.66. The summed E-state index contributed by atoms with van der Waals surface area (Å²) in [6, 6.07) is 21.7. The number of anilines is 1. The Bertz CT molecular complexity index is 1160. The molecule has 0 saturated heterocycles. The van der Waals surface area contributed by atoms with Crippen molar-refractivity contribution in [3.05, 3.63) is 77.9 Å². The second-order valence-electron chi connectivity index (χ2n) is 6.81. The van der Waals surface area contributed by atoms with E-state index in [9.17, 15) is 4.79 Å². The van der Waals surface area contributed by atoms with E-state index in [1.807, 2.05) is 54.6 Å². The standard InChI is InChI=1S/C24H23N3O2S.ClH/c1-3-25-15-16-9-11-18(12-10-16)23(28)27-24-26-21-20(29-2)14-13-19(22(21)30-24)17-7-5-4-6-8-17;/h4-14,25H,3,15H2,1-2H3,(H,26,27,28);1H. The van der Waals surface area contributed by atoms with E-state index in [1.54, 1.807) is 7.11 Å². The number of rotatable bonds is 7. The minimum atomic E-state index is -0.177. The quantitative estimate of drug-likeness (QED) is 0.373. The summed E-state index contributed by atoms with van der Waals surface area (Å²) in [5.74, 6) is 0.512. The summed E-state index contributed by atoms with van der Waals surface area (Å²) in [7, 11) is 1.63. The summed E-state index contributed by atoms with van der Waals surface area (Å²) >= 11 is 1.45. The Balaban J connectivity index is 0.00000272. The van der Waals surface area contributed by atoms with Gasteiger partial charge < -0.3 is 10.1 Å². The molecular weight excluding hydrogens is 430 g/mol. The number of methoxy groups -OCH3 is 1. The highest BCUT2D eigenvalue weighted by Crippen LogP contribution is 2.39. The minimum absolute atomic E-state index is 0. The first-order valence-corrected chi connectivity index (χ1v) is 10.6. The first-order chi connectivity index (χ1) is 14.7. The summed E-state index contributed by atoms with van der Waals surface area (Å²) in [6.07, 6.45) is 0. The first kappa shape index (κ1) is 22.7. The highest BCUT2D eigenvalue weighted by atomic mass is 35.5. The van der Waals surface area contributed by atoms with Crippen LogP contribution >= 0.6 is 23.7 Å². The van der Waals surface area contributed by atoms with Crippen LogP contribution in [0.1, 0.15) is 22.8 Å². The van der Waals surface area contributed by atoms with E-state index in [1.165, 1.54) is 11.3 Å². The Morgan fingerprint density at radius 3 is 2.45 bits per heavy atom. The molecule has 0 aliphatic heterocycles. The van der Waals surface area contributed by atoms with Crippen LogP contribution in [0.15, 0.2) is 66.7 Å². The molecule has 1 aromatic heterocycles. The molecule has 0 fully saturated rings. The number of aromatic nitrogens is 1. The molecule has 4 aromatic rings. The topological polar surface area (TPSA) is 63.2 Å². The molecule has 1 amide bonds. The summed E-state index contributed by atoms with van der Waals surface area (Å²) < 4.78 is 6.48. The second-order valence-corrected chi connectivity index (χ2v) is 7.81. The van der Waals surface area contributed by atoms with Gasteiger partial charge in [-0.25, -0.2) is 4.98 Å². The molecule has 4 rings (SSSR count). The lowest BCUT2D eigenvalue weighted by molar-refractivity contribution is 0.102. The Morgan fingerprint density at radius 2 is 1.77 bits per heavy atom. The molecule has 3 aromatic carbocycles. The largest absolute Gasteiger partial charge is 0.494 e. The van der Waals surface area contributed by atoms with Gasteiger partial charge in [0.15, 0.2) is 5.13 Å². The highest BCUT2D eigenvalue weighted by Gasteiger charge is 2.16. The fourth-order valence-electron chi connectivity index (χ4n) is 3.26. The maximum atomic E-state index is 12.7. The van der Waals surface area contributed by atoms with Crippen molar-refractivity contribution in [2.45, 2.75) is 13.5 Å². The van der Waals surface area contributed by atoms with Gasteiger partial charge in [-0.1, -0.05) is 60.7 Å². The number of halogens is 1. The zero-order valence-corrected chi connectivity index (χ0v) is 19.0. The lowest BCUT2D eigenvalue weighted by Gasteiger charge is -2.05. The van der Waals surface area contributed by atoms with E-state index < -0.39 is 0 Å². The third-order valence-electron chi connectivity index (χ3n) is 4.83. The summed E-state index contributed by atoms with van der Waals surface area (Å²) in [5, 5.41) is 6.76. The maximum absolute atomic E-state index is 12.7. The molecule has 0 saturated carbocycles. The number of ether oxygens (including phenoxy) is 1. The summed E-state index contributed by atoms with van der Waals surface area (Å²) in [4.78, 5) is 17.4. The smallest absolute Gasteiger partial charge is 0.257 e. The fourth-order valence-corrected chi connectivity index (χ4v) is 4.27. The van der Waals surface area contributed by atoms with Crippen molar-refractivity contribution in [3.63, 3.8) is 0 Å². The van der Waals surface area contributed by atoms with Crippen molar-refractivity contribution in [1.29, 1.82) is 0 Å². The predicted molar refractivity (Wildman–Crippen MR) is 131 cm³/mol. The SMILES string of the molecule is CCNCc1ccc(C(=O)Nc2nc3c(OC)ccc(-c4ccccc4)c3s2)cc1.Cl. The summed E-state index contributed by atoms with van der Waals surface area (Å²) in [6.45, 7) is 3.77. The van der Waals surface area contributed by atoms with Crippen molar-refractivity contribution in [1.82, 2.24) is 10.3 Å². The number of amides is 1. The number of hydrogen-bond acceptors (Lipinski definition) is 5. The van der Waals surface area contributed by atoms with Gasteiger partial charge in [0, 0.05) is 17.7 Å². The van der Waals surface area contributed by atoms with Crippen LogP contribution in [0.2, 0.25) is 0 Å². The molecular formula is C24H24ClN3O2S. The van der Waals surface area contributed by atoms with E-state index >= 15 is 0 Å². The van der Waals surface area contributed by atoms with Crippen LogP contribution in [0.4, 0.5) is 5.13 Å². The normalized spacial score (nSPS) is 10.5. The van der Waals surface area contributed by atoms with Crippen molar-refractivity contribution >= 4 is 45.0 Å². The molecule has 1 heterocycles. The van der Waals surface area contributed by atoms with Crippen molar-refractivity contribution in [2.24, 2.45) is 0 Å². The van der Waals surface area contributed by atoms with Crippen LogP contribution in [-0.4, -0.2) is 24.5 Å². The van der Waals surface area contributed by atoms with Crippen molar-refractivity contribution < 1.29 is 9.53 Å². The molecule has 5 nitrogen and oxygen atoms in total. The van der Waals surface area contributed by atoms with E-state index in [0.29, 0.717) is 16.4 Å². The molecule has 31 heavy (non-hydrogen) atoms. The van der Waals surface area contributed by atoms with E-state index in [2.05, 4.69) is 34.7 Å². The zero-order valence-electron chi connectivity index (χ0n) is 17.3. The van der Waals surface area contributed by atoms with Crippen LogP contribution in [0.25, 0.3) is 21.3 Å². The highest BCUT2D eigenvalue weighted by molar-refractivity contribution is 7.23. The van der Waals surface area contributed by atoms with Gasteiger partial charge >= 0.3 is 0 Å². The zero-order chi connectivity index (χ0) is 20.9. The van der Waals surface area contributed by atoms with Crippen LogP contribution in [0, 0.1) is 0 Å². The molecule has 2 N–H and O–H groups in total. The maximum Gasteiger partial charge on any atom is 0.257 e. The van der Waals surface area contributed by atoms with Gasteiger partial charge in [0.25, 0.3) is 5.91 Å². The number of fused-ring (bicyclic) bond motifs is 1. The van der Waals surface area contributed by atoms with Gasteiger partial charge in [0.2, 0.25) is 0 Å². The lowest BCUT2D eigenvalue weighted by Crippen LogP contribution is -2.13. The minimum Gasteiger partial charge on any atom is -0.494 e. The van der Waals surface area contributed by atoms with Gasteiger partial charge in [0.1, 0.15) is 11.3 Å². The van der Waals surface area contributed by atoms with Gasteiger partial charge in [-0.3, -0.25) is 10.1 Å². The van der Waals surface area contributed by atoms with E-state index in [-0.39, 0.29) is 18.3 Å². The molecule has 7 heteroatoms. The lowest BCUT2D eigenvalue weighted by atomic mass is 10.1. The molecule has 0 aliphatic rings. The van der Waals surface area contributed by atoms with Crippen LogP contribution in [0.5, 0.6) is 5.75 Å². The monoisotopic (exact) mass is 453 g/mol. The number of benzene rings is 3. The van der Waals surface area contributed by atoms with Gasteiger partial charge in [-0.2, -0.15) is 0 Å². The molecule has 0 spiro atoms. The Kier molecular flexibility index (Phi) is 7.63. The Hall–Kier alpha value is -2.93. The van der Waals surface area contributed by atoms with Crippen LogP contribution < -0.4 is 15.4 Å². The number of thiazole rings is 1. The predicted octanol–water partition coefficient (Wildman–Crippen LogP) is 5.76. The van der Waals surface area contributed by atoms with E-state index in [4.69, 9.17) is 4.74 Å². The van der Waals surface area contributed by atoms with Gasteiger partial charge in [0.05, 0.1) is 11.8 Å². The van der Waals surface area contributed by atoms with Gasteiger partial charge in [-0.15, -0.1) is 12.4 Å². The van der Waals surface area contributed by atoms with Gasteiger partial charge in [-0.05, 0) is 41.9 Å². The Morgan fingerprint density at radius 1 is 1.03 bits per heavy atom. The Labute approximate surface area is 191 Å². The van der Waals surface area contributed by atoms with E-state index in [0.717, 1.165) is 40.0 Å². The van der Waals surface area contributed by atoms with Crippen LogP contribution in [-0.2, 0) is 6.54 Å². The first-order valence-electron chi connectivity index (χ1n) is 9.83. The van der Waals surface area contributed by atoms with Crippen molar-refractivity contribution in [3.8, 4) is 16.9 Å². The van der Waals surface area contributed by atoms with Crippen LogP contribution in [0.3, 0.4) is 0 Å². The third kappa shape index (κ3) is 5.05. The van der Waals surface area contributed by atoms with Crippen molar-refractivity contribution in [2.75, 3.05) is 19.0 Å². The molecule has 0 unspecified atom stereocenters. The number of carbonyl (C=O) groups excluding carboxylic acids is 1. The number of nitrogens with one attached hydrogen (secondary N) is 2. The average Bonchev–Trinajstić information content (AvgIpc) is 3.21. The molecule has 160 valence electrons. The number of carbonyl (C=O) groups is 1. The number of nitrogens with zero attached hydrogens (tertiary/aromatic N) is 1. The molecule has 0 radical (unpaired) electrons. The fraction of sp³-hybridized carbons (Fsp3) is 0.167. The average molecular weight is 454 g/mol.